The normalized spacial score (nSPS) is 17.6. The van der Waals surface area contributed by atoms with Crippen molar-refractivity contribution >= 4 is 5.78 Å². The lowest BCUT2D eigenvalue weighted by Gasteiger charge is -2.31. The number of Topliss-reactive ketones (excluding diaryl/α,β-unsaturated/α-hetero) is 1. The summed E-state index contributed by atoms with van der Waals surface area (Å²) >= 11 is 0. The minimum absolute atomic E-state index is 0.203. The van der Waals surface area contributed by atoms with Crippen LogP contribution in [0.25, 0.3) is 0 Å². The summed E-state index contributed by atoms with van der Waals surface area (Å²) in [5.41, 5.74) is 2.05. The van der Waals surface area contributed by atoms with Gasteiger partial charge in [-0.25, -0.2) is 0 Å². The Morgan fingerprint density at radius 1 is 1.28 bits per heavy atom. The molecular weight excluding hydrogens is 222 g/mol. The van der Waals surface area contributed by atoms with E-state index in [0.29, 0.717) is 5.78 Å². The van der Waals surface area contributed by atoms with Crippen LogP contribution >= 0.6 is 0 Å². The Morgan fingerprint density at radius 2 is 1.89 bits per heavy atom. The molecule has 1 aliphatic rings. The van der Waals surface area contributed by atoms with E-state index in [2.05, 4.69) is 18.4 Å². The summed E-state index contributed by atoms with van der Waals surface area (Å²) in [5, 5.41) is 0. The maximum Gasteiger partial charge on any atom is 0.166 e. The Balaban J connectivity index is 1.90. The molecule has 2 heteroatoms. The average Bonchev–Trinajstić information content (AvgIpc) is 2.39. The fourth-order valence-corrected chi connectivity index (χ4v) is 2.57. The molecule has 1 heterocycles. The van der Waals surface area contributed by atoms with Gasteiger partial charge in [0.2, 0.25) is 0 Å². The van der Waals surface area contributed by atoms with Gasteiger partial charge in [-0.2, -0.15) is 0 Å². The van der Waals surface area contributed by atoms with Crippen LogP contribution in [-0.4, -0.2) is 30.3 Å². The summed E-state index contributed by atoms with van der Waals surface area (Å²) in [6.07, 6.45) is 1.95. The van der Waals surface area contributed by atoms with Gasteiger partial charge < -0.3 is 0 Å². The lowest BCUT2D eigenvalue weighted by Crippen LogP contribution is -2.37. The molecule has 0 N–H and O–H groups in total. The van der Waals surface area contributed by atoms with E-state index in [9.17, 15) is 4.79 Å². The summed E-state index contributed by atoms with van der Waals surface area (Å²) in [7, 11) is 0. The van der Waals surface area contributed by atoms with Crippen LogP contribution in [0.15, 0.2) is 42.5 Å². The maximum atomic E-state index is 12.3. The summed E-state index contributed by atoms with van der Waals surface area (Å²) in [6.45, 7) is 8.98. The Hall–Kier alpha value is -1.41. The van der Waals surface area contributed by atoms with E-state index >= 15 is 0 Å². The van der Waals surface area contributed by atoms with Gasteiger partial charge in [0.15, 0.2) is 5.78 Å². The second-order valence-corrected chi connectivity index (χ2v) is 5.24. The highest BCUT2D eigenvalue weighted by Crippen LogP contribution is 2.22. The lowest BCUT2D eigenvalue weighted by atomic mass is 9.89. The van der Waals surface area contributed by atoms with E-state index in [4.69, 9.17) is 0 Å². The molecule has 0 saturated carbocycles. The highest BCUT2D eigenvalue weighted by molar-refractivity contribution is 5.97. The average molecular weight is 243 g/mol. The maximum absolute atomic E-state index is 12.3. The Kier molecular flexibility index (Phi) is 4.32. The van der Waals surface area contributed by atoms with Gasteiger partial charge in [-0.1, -0.05) is 42.5 Å². The molecule has 2 nitrogen and oxygen atoms in total. The third kappa shape index (κ3) is 3.30. The van der Waals surface area contributed by atoms with Crippen molar-refractivity contribution in [2.24, 2.45) is 5.92 Å². The Labute approximate surface area is 109 Å². The molecule has 1 aliphatic heterocycles. The van der Waals surface area contributed by atoms with Gasteiger partial charge in [0, 0.05) is 18.0 Å². The summed E-state index contributed by atoms with van der Waals surface area (Å²) < 4.78 is 0. The van der Waals surface area contributed by atoms with Crippen molar-refractivity contribution in [2.75, 3.05) is 19.6 Å². The molecule has 1 aromatic rings. The van der Waals surface area contributed by atoms with E-state index in [-0.39, 0.29) is 5.92 Å². The van der Waals surface area contributed by atoms with Gasteiger partial charge in [-0.15, -0.1) is 0 Å². The molecule has 0 radical (unpaired) electrons. The van der Waals surface area contributed by atoms with Crippen LogP contribution in [0.4, 0.5) is 0 Å². The van der Waals surface area contributed by atoms with Crippen LogP contribution in [0.3, 0.4) is 0 Å². The fraction of sp³-hybridized carbons (Fsp3) is 0.438. The van der Waals surface area contributed by atoms with Crippen molar-refractivity contribution in [2.45, 2.75) is 19.8 Å². The van der Waals surface area contributed by atoms with E-state index in [1.807, 2.05) is 30.3 Å². The number of nitrogens with zero attached hydrogens (tertiary/aromatic N) is 1. The minimum atomic E-state index is 0.203. The van der Waals surface area contributed by atoms with Crippen LogP contribution in [0, 0.1) is 5.92 Å². The molecule has 0 bridgehead atoms. The first-order valence-electron chi connectivity index (χ1n) is 6.63. The molecule has 0 unspecified atom stereocenters. The molecule has 96 valence electrons. The summed E-state index contributed by atoms with van der Waals surface area (Å²) in [4.78, 5) is 14.7. The monoisotopic (exact) mass is 243 g/mol. The third-order valence-corrected chi connectivity index (χ3v) is 3.51. The van der Waals surface area contributed by atoms with Gasteiger partial charge >= 0.3 is 0 Å². The quantitative estimate of drug-likeness (QED) is 0.598. The molecule has 2 rings (SSSR count). The first kappa shape index (κ1) is 13.0. The number of likely N-dealkylation sites (tertiary alicyclic amines) is 1. The standard InChI is InChI=1S/C16H21NO/c1-13(2)12-17-10-8-15(9-11-17)16(18)14-6-4-3-5-7-14/h3-7,15H,1,8-12H2,2H3. The first-order valence-corrected chi connectivity index (χ1v) is 6.63. The lowest BCUT2D eigenvalue weighted by molar-refractivity contribution is 0.0847. The van der Waals surface area contributed by atoms with Gasteiger partial charge in [-0.05, 0) is 32.9 Å². The summed E-state index contributed by atoms with van der Waals surface area (Å²) in [6, 6.07) is 9.66. The molecule has 0 spiro atoms. The Morgan fingerprint density at radius 3 is 2.44 bits per heavy atom. The van der Waals surface area contributed by atoms with Crippen molar-refractivity contribution in [1.82, 2.24) is 4.90 Å². The molecule has 0 aliphatic carbocycles. The Bertz CT molecular complexity index is 416. The van der Waals surface area contributed by atoms with Crippen LogP contribution in [0.5, 0.6) is 0 Å². The molecular formula is C16H21NO. The van der Waals surface area contributed by atoms with E-state index < -0.39 is 0 Å². The first-order chi connectivity index (χ1) is 8.66. The number of carbonyl (C=O) groups is 1. The number of rotatable bonds is 4. The molecule has 1 aromatic carbocycles. The third-order valence-electron chi connectivity index (χ3n) is 3.51. The van der Waals surface area contributed by atoms with Crippen molar-refractivity contribution < 1.29 is 4.79 Å². The SMILES string of the molecule is C=C(C)CN1CCC(C(=O)c2ccccc2)CC1. The fourth-order valence-electron chi connectivity index (χ4n) is 2.57. The highest BCUT2D eigenvalue weighted by Gasteiger charge is 2.25. The van der Waals surface area contributed by atoms with Crippen molar-refractivity contribution in [3.05, 3.63) is 48.0 Å². The van der Waals surface area contributed by atoms with Gasteiger partial charge in [0.25, 0.3) is 0 Å². The largest absolute Gasteiger partial charge is 0.299 e. The zero-order valence-electron chi connectivity index (χ0n) is 11.1. The molecule has 18 heavy (non-hydrogen) atoms. The highest BCUT2D eigenvalue weighted by atomic mass is 16.1. The summed E-state index contributed by atoms with van der Waals surface area (Å²) in [5.74, 6) is 0.513. The predicted molar refractivity (Wildman–Crippen MR) is 74.8 cm³/mol. The molecule has 0 atom stereocenters. The van der Waals surface area contributed by atoms with Gasteiger partial charge in [0.05, 0.1) is 0 Å². The van der Waals surface area contributed by atoms with Crippen LogP contribution in [0.2, 0.25) is 0 Å². The van der Waals surface area contributed by atoms with Crippen LogP contribution in [0.1, 0.15) is 30.1 Å². The number of hydrogen-bond acceptors (Lipinski definition) is 2. The second-order valence-electron chi connectivity index (χ2n) is 5.24. The number of ketones is 1. The van der Waals surface area contributed by atoms with Crippen molar-refractivity contribution in [3.8, 4) is 0 Å². The molecule has 0 amide bonds. The second kappa shape index (κ2) is 5.96. The topological polar surface area (TPSA) is 20.3 Å². The number of carbonyl (C=O) groups excluding carboxylic acids is 1. The zero-order chi connectivity index (χ0) is 13.0. The number of piperidine rings is 1. The molecule has 1 fully saturated rings. The van der Waals surface area contributed by atoms with Crippen molar-refractivity contribution in [3.63, 3.8) is 0 Å². The molecule has 0 aromatic heterocycles. The smallest absolute Gasteiger partial charge is 0.166 e. The number of benzene rings is 1. The zero-order valence-corrected chi connectivity index (χ0v) is 11.1. The van der Waals surface area contributed by atoms with E-state index in [1.165, 1.54) is 5.57 Å². The van der Waals surface area contributed by atoms with Crippen LogP contribution in [-0.2, 0) is 0 Å². The van der Waals surface area contributed by atoms with Crippen molar-refractivity contribution in [1.29, 1.82) is 0 Å². The number of hydrogen-bond donors (Lipinski definition) is 0. The van der Waals surface area contributed by atoms with Gasteiger partial charge in [0.1, 0.15) is 0 Å². The van der Waals surface area contributed by atoms with Gasteiger partial charge in [-0.3, -0.25) is 9.69 Å². The van der Waals surface area contributed by atoms with E-state index in [0.717, 1.165) is 38.0 Å². The van der Waals surface area contributed by atoms with E-state index in [1.54, 1.807) is 0 Å². The molecule has 1 saturated heterocycles. The predicted octanol–water partition coefficient (Wildman–Crippen LogP) is 3.16. The minimum Gasteiger partial charge on any atom is -0.299 e. The van der Waals surface area contributed by atoms with Crippen LogP contribution < -0.4 is 0 Å².